The van der Waals surface area contributed by atoms with E-state index in [-0.39, 0.29) is 6.04 Å². The van der Waals surface area contributed by atoms with Gasteiger partial charge in [-0.1, -0.05) is 6.07 Å². The van der Waals surface area contributed by atoms with Gasteiger partial charge >= 0.3 is 0 Å². The Morgan fingerprint density at radius 3 is 2.87 bits per heavy atom. The molecule has 1 aliphatic rings. The third-order valence-corrected chi connectivity index (χ3v) is 5.43. The predicted octanol–water partition coefficient (Wildman–Crippen LogP) is 3.46. The summed E-state index contributed by atoms with van der Waals surface area (Å²) < 4.78 is 5.87. The molecule has 0 radical (unpaired) electrons. The highest BCUT2D eigenvalue weighted by Crippen LogP contribution is 2.32. The normalized spacial score (nSPS) is 18.3. The lowest BCUT2D eigenvalue weighted by molar-refractivity contribution is 0.142. The molecule has 1 atom stereocenters. The molecule has 0 amide bonds. The predicted molar refractivity (Wildman–Crippen MR) is 88.2 cm³/mol. The second-order valence-electron chi connectivity index (χ2n) is 5.92. The Hall–Kier alpha value is -1.99. The molecule has 1 aliphatic heterocycles. The van der Waals surface area contributed by atoms with Crippen LogP contribution in [0.2, 0.25) is 0 Å². The number of hydrogen-bond acceptors (Lipinski definition) is 6. The zero-order valence-corrected chi connectivity index (χ0v) is 13.8. The number of rotatable bonds is 4. The molecular formula is C16H19N5OS. The van der Waals surface area contributed by atoms with E-state index >= 15 is 0 Å². The highest BCUT2D eigenvalue weighted by molar-refractivity contribution is 7.13. The molecule has 4 heterocycles. The van der Waals surface area contributed by atoms with Crippen molar-refractivity contribution in [3.05, 3.63) is 41.4 Å². The molecular weight excluding hydrogens is 310 g/mol. The molecule has 4 rings (SSSR count). The van der Waals surface area contributed by atoms with Crippen LogP contribution in [-0.4, -0.2) is 38.4 Å². The first-order chi connectivity index (χ1) is 11.3. The number of aromatic amines is 1. The molecule has 1 N–H and O–H groups in total. The summed E-state index contributed by atoms with van der Waals surface area (Å²) in [4.78, 5) is 3.44. The fourth-order valence-corrected chi connectivity index (χ4v) is 3.80. The van der Waals surface area contributed by atoms with Crippen LogP contribution in [0.4, 0.5) is 0 Å². The first-order valence-corrected chi connectivity index (χ1v) is 8.80. The summed E-state index contributed by atoms with van der Waals surface area (Å²) >= 11 is 1.62. The van der Waals surface area contributed by atoms with E-state index < -0.39 is 0 Å². The minimum atomic E-state index is 0.152. The summed E-state index contributed by atoms with van der Waals surface area (Å²) in [6.07, 6.45) is 4.08. The maximum absolute atomic E-state index is 5.87. The van der Waals surface area contributed by atoms with Crippen LogP contribution in [-0.2, 0) is 0 Å². The van der Waals surface area contributed by atoms with E-state index in [0.717, 1.165) is 30.8 Å². The molecule has 6 nitrogen and oxygen atoms in total. The monoisotopic (exact) mass is 329 g/mol. The van der Waals surface area contributed by atoms with Gasteiger partial charge in [-0.3, -0.25) is 10.00 Å². The third kappa shape index (κ3) is 2.94. The number of H-pyrrole nitrogens is 1. The van der Waals surface area contributed by atoms with Crippen LogP contribution < -0.4 is 0 Å². The molecule has 3 aromatic heterocycles. The van der Waals surface area contributed by atoms with E-state index in [4.69, 9.17) is 4.42 Å². The van der Waals surface area contributed by atoms with E-state index in [0.29, 0.717) is 17.7 Å². The number of nitrogens with zero attached hydrogens (tertiary/aromatic N) is 4. The van der Waals surface area contributed by atoms with Gasteiger partial charge in [0, 0.05) is 17.8 Å². The maximum Gasteiger partial charge on any atom is 0.257 e. The second kappa shape index (κ2) is 6.25. The molecule has 120 valence electrons. The lowest BCUT2D eigenvalue weighted by atomic mass is 9.93. The van der Waals surface area contributed by atoms with Gasteiger partial charge in [-0.25, -0.2) is 0 Å². The molecule has 0 saturated carbocycles. The topological polar surface area (TPSA) is 70.8 Å². The zero-order valence-electron chi connectivity index (χ0n) is 13.0. The van der Waals surface area contributed by atoms with Gasteiger partial charge in [0.1, 0.15) is 0 Å². The van der Waals surface area contributed by atoms with Crippen molar-refractivity contribution in [2.24, 2.45) is 0 Å². The Kier molecular flexibility index (Phi) is 3.97. The van der Waals surface area contributed by atoms with Crippen molar-refractivity contribution in [3.63, 3.8) is 0 Å². The minimum Gasteiger partial charge on any atom is -0.418 e. The van der Waals surface area contributed by atoms with Crippen LogP contribution in [0, 0.1) is 0 Å². The van der Waals surface area contributed by atoms with Crippen molar-refractivity contribution in [2.45, 2.75) is 31.7 Å². The molecule has 7 heteroatoms. The third-order valence-electron chi connectivity index (χ3n) is 4.57. The largest absolute Gasteiger partial charge is 0.418 e. The van der Waals surface area contributed by atoms with Crippen LogP contribution in [0.25, 0.3) is 10.8 Å². The Morgan fingerprint density at radius 1 is 1.30 bits per heavy atom. The van der Waals surface area contributed by atoms with E-state index in [1.54, 1.807) is 11.3 Å². The van der Waals surface area contributed by atoms with Crippen molar-refractivity contribution >= 4 is 11.3 Å². The highest BCUT2D eigenvalue weighted by Gasteiger charge is 2.27. The van der Waals surface area contributed by atoms with E-state index in [1.165, 1.54) is 5.69 Å². The second-order valence-corrected chi connectivity index (χ2v) is 6.87. The first kappa shape index (κ1) is 14.6. The van der Waals surface area contributed by atoms with Gasteiger partial charge in [0.2, 0.25) is 5.89 Å². The van der Waals surface area contributed by atoms with Crippen molar-refractivity contribution in [2.75, 3.05) is 13.1 Å². The van der Waals surface area contributed by atoms with Gasteiger partial charge < -0.3 is 4.42 Å². The fourth-order valence-electron chi connectivity index (χ4n) is 3.15. The Bertz CT molecular complexity index is 728. The Balaban J connectivity index is 1.41. The van der Waals surface area contributed by atoms with Gasteiger partial charge in [0.05, 0.1) is 10.9 Å². The number of aromatic nitrogens is 4. The van der Waals surface area contributed by atoms with Gasteiger partial charge in [0.25, 0.3) is 5.89 Å². The standard InChI is InChI=1S/C16H19N5OS/c1-11(15-19-20-16(22-15)14-3-2-10-23-14)21-8-5-12(6-9-21)13-4-7-17-18-13/h2-4,7,10-12H,5-6,8-9H2,1H3,(H,17,18). The van der Waals surface area contributed by atoms with Crippen molar-refractivity contribution in [1.29, 1.82) is 0 Å². The van der Waals surface area contributed by atoms with Crippen LogP contribution in [0.3, 0.4) is 0 Å². The van der Waals surface area contributed by atoms with Gasteiger partial charge in [-0.15, -0.1) is 21.5 Å². The van der Waals surface area contributed by atoms with Crippen molar-refractivity contribution in [1.82, 2.24) is 25.3 Å². The quantitative estimate of drug-likeness (QED) is 0.793. The molecule has 1 fully saturated rings. The number of hydrogen-bond donors (Lipinski definition) is 1. The van der Waals surface area contributed by atoms with Gasteiger partial charge in [-0.05, 0) is 50.4 Å². The van der Waals surface area contributed by atoms with Crippen molar-refractivity contribution in [3.8, 4) is 10.8 Å². The number of thiophene rings is 1. The van der Waals surface area contributed by atoms with Crippen LogP contribution in [0.1, 0.15) is 43.3 Å². The lowest BCUT2D eigenvalue weighted by Gasteiger charge is -2.34. The summed E-state index contributed by atoms with van der Waals surface area (Å²) in [5.74, 6) is 1.90. The van der Waals surface area contributed by atoms with E-state index in [9.17, 15) is 0 Å². The van der Waals surface area contributed by atoms with Crippen molar-refractivity contribution < 1.29 is 4.42 Å². The van der Waals surface area contributed by atoms with E-state index in [1.807, 2.05) is 23.7 Å². The molecule has 0 aromatic carbocycles. The summed E-state index contributed by atoms with van der Waals surface area (Å²) in [5.41, 5.74) is 1.25. The molecule has 1 saturated heterocycles. The molecule has 23 heavy (non-hydrogen) atoms. The van der Waals surface area contributed by atoms with Crippen LogP contribution in [0.5, 0.6) is 0 Å². The average Bonchev–Trinajstić information content (AvgIpc) is 3.36. The minimum absolute atomic E-state index is 0.152. The Morgan fingerprint density at radius 2 is 2.17 bits per heavy atom. The molecule has 1 unspecified atom stereocenters. The molecule has 3 aromatic rings. The number of piperidine rings is 1. The van der Waals surface area contributed by atoms with Gasteiger partial charge in [0.15, 0.2) is 0 Å². The SMILES string of the molecule is CC(c1nnc(-c2cccs2)o1)N1CCC(c2ccn[nH]2)CC1. The summed E-state index contributed by atoms with van der Waals surface area (Å²) in [6, 6.07) is 6.23. The smallest absolute Gasteiger partial charge is 0.257 e. The van der Waals surface area contributed by atoms with Crippen LogP contribution in [0.15, 0.2) is 34.2 Å². The number of likely N-dealkylation sites (tertiary alicyclic amines) is 1. The fraction of sp³-hybridized carbons (Fsp3) is 0.438. The summed E-state index contributed by atoms with van der Waals surface area (Å²) in [7, 11) is 0. The summed E-state index contributed by atoms with van der Waals surface area (Å²) in [5, 5.41) is 17.6. The summed E-state index contributed by atoms with van der Waals surface area (Å²) in [6.45, 7) is 4.20. The number of nitrogens with one attached hydrogen (secondary N) is 1. The highest BCUT2D eigenvalue weighted by atomic mass is 32.1. The molecule has 0 spiro atoms. The maximum atomic E-state index is 5.87. The average molecular weight is 329 g/mol. The molecule has 0 bridgehead atoms. The zero-order chi connectivity index (χ0) is 15.6. The lowest BCUT2D eigenvalue weighted by Crippen LogP contribution is -2.35. The van der Waals surface area contributed by atoms with Crippen LogP contribution >= 0.6 is 11.3 Å². The molecule has 0 aliphatic carbocycles. The first-order valence-electron chi connectivity index (χ1n) is 7.92. The van der Waals surface area contributed by atoms with Gasteiger partial charge in [-0.2, -0.15) is 5.10 Å². The Labute approximate surface area is 138 Å². The van der Waals surface area contributed by atoms with E-state index in [2.05, 4.69) is 38.3 Å².